The number of nitrogens with zero attached hydrogens (tertiary/aromatic N) is 2. The van der Waals surface area contributed by atoms with Crippen LogP contribution in [0.25, 0.3) is 0 Å². The fourth-order valence-corrected chi connectivity index (χ4v) is 3.35. The standard InChI is InChI=1S/C22H22N4O4S/c1-3-30-22(29)15-6-10-16(11-7-15)23-18(27)12-13-19-25-26-21(31-19)20(28)24-17-8-4-14(2)5-9-17/h4-11H,3,12-13H2,1-2H3,(H,23,27)(H,24,28). The van der Waals surface area contributed by atoms with Crippen LogP contribution in [0.15, 0.2) is 48.5 Å². The van der Waals surface area contributed by atoms with Crippen LogP contribution in [0, 0.1) is 6.92 Å². The van der Waals surface area contributed by atoms with Gasteiger partial charge < -0.3 is 15.4 Å². The Kier molecular flexibility index (Phi) is 7.45. The number of ether oxygens (including phenoxy) is 1. The molecule has 160 valence electrons. The Balaban J connectivity index is 1.48. The van der Waals surface area contributed by atoms with Crippen molar-refractivity contribution in [1.82, 2.24) is 10.2 Å². The van der Waals surface area contributed by atoms with Crippen molar-refractivity contribution in [3.63, 3.8) is 0 Å². The highest BCUT2D eigenvalue weighted by Crippen LogP contribution is 2.16. The van der Waals surface area contributed by atoms with Gasteiger partial charge in [0.15, 0.2) is 0 Å². The van der Waals surface area contributed by atoms with Gasteiger partial charge in [-0.1, -0.05) is 29.0 Å². The fourth-order valence-electron chi connectivity index (χ4n) is 2.62. The Bertz CT molecular complexity index is 1060. The van der Waals surface area contributed by atoms with Gasteiger partial charge in [0.05, 0.1) is 12.2 Å². The van der Waals surface area contributed by atoms with Gasteiger partial charge in [0.25, 0.3) is 5.91 Å². The van der Waals surface area contributed by atoms with Crippen molar-refractivity contribution < 1.29 is 19.1 Å². The van der Waals surface area contributed by atoms with E-state index in [9.17, 15) is 14.4 Å². The third kappa shape index (κ3) is 6.45. The van der Waals surface area contributed by atoms with Gasteiger partial charge in [0.1, 0.15) is 5.01 Å². The molecule has 0 unspecified atom stereocenters. The number of hydrogen-bond acceptors (Lipinski definition) is 7. The van der Waals surface area contributed by atoms with Crippen molar-refractivity contribution in [1.29, 1.82) is 0 Å². The molecule has 0 saturated heterocycles. The Morgan fingerprint density at radius 1 is 0.935 bits per heavy atom. The van der Waals surface area contributed by atoms with E-state index in [0.29, 0.717) is 35.0 Å². The summed E-state index contributed by atoms with van der Waals surface area (Å²) >= 11 is 1.16. The van der Waals surface area contributed by atoms with Crippen molar-refractivity contribution in [3.05, 3.63) is 69.7 Å². The van der Waals surface area contributed by atoms with Gasteiger partial charge in [0, 0.05) is 24.2 Å². The summed E-state index contributed by atoms with van der Waals surface area (Å²) < 4.78 is 4.93. The molecule has 0 saturated carbocycles. The third-order valence-corrected chi connectivity index (χ3v) is 5.20. The van der Waals surface area contributed by atoms with Crippen LogP contribution in [0.2, 0.25) is 0 Å². The summed E-state index contributed by atoms with van der Waals surface area (Å²) in [5.74, 6) is -0.942. The van der Waals surface area contributed by atoms with Gasteiger partial charge in [-0.2, -0.15) is 0 Å². The minimum absolute atomic E-state index is 0.188. The SMILES string of the molecule is CCOC(=O)c1ccc(NC(=O)CCc2nnc(C(=O)Nc3ccc(C)cc3)s2)cc1. The highest BCUT2D eigenvalue weighted by atomic mass is 32.1. The number of esters is 1. The number of amides is 2. The van der Waals surface area contributed by atoms with Crippen LogP contribution in [0.4, 0.5) is 11.4 Å². The maximum Gasteiger partial charge on any atom is 0.338 e. The van der Waals surface area contributed by atoms with Crippen LogP contribution in [0.3, 0.4) is 0 Å². The lowest BCUT2D eigenvalue weighted by Crippen LogP contribution is -2.12. The first-order valence-electron chi connectivity index (χ1n) is 9.72. The Morgan fingerprint density at radius 3 is 2.26 bits per heavy atom. The first kappa shape index (κ1) is 22.1. The first-order valence-corrected chi connectivity index (χ1v) is 10.5. The average Bonchev–Trinajstić information content (AvgIpc) is 3.24. The quantitative estimate of drug-likeness (QED) is 0.517. The molecule has 0 spiro atoms. The molecule has 0 aliphatic carbocycles. The maximum absolute atomic E-state index is 12.3. The number of carbonyl (C=O) groups excluding carboxylic acids is 3. The highest BCUT2D eigenvalue weighted by molar-refractivity contribution is 7.13. The van der Waals surface area contributed by atoms with E-state index in [1.807, 2.05) is 31.2 Å². The third-order valence-electron chi connectivity index (χ3n) is 4.22. The molecule has 2 amide bonds. The molecule has 31 heavy (non-hydrogen) atoms. The lowest BCUT2D eigenvalue weighted by atomic mass is 10.2. The Hall–Kier alpha value is -3.59. The molecule has 0 atom stereocenters. The van der Waals surface area contributed by atoms with Crippen molar-refractivity contribution >= 4 is 40.5 Å². The van der Waals surface area contributed by atoms with E-state index in [1.165, 1.54) is 0 Å². The molecule has 0 radical (unpaired) electrons. The topological polar surface area (TPSA) is 110 Å². The van der Waals surface area contributed by atoms with Crippen molar-refractivity contribution in [2.45, 2.75) is 26.7 Å². The van der Waals surface area contributed by atoms with Crippen LogP contribution in [-0.2, 0) is 16.0 Å². The van der Waals surface area contributed by atoms with Crippen LogP contribution in [0.5, 0.6) is 0 Å². The molecular weight excluding hydrogens is 416 g/mol. The van der Waals surface area contributed by atoms with Gasteiger partial charge in [0.2, 0.25) is 10.9 Å². The molecule has 0 fully saturated rings. The Labute approximate surface area is 183 Å². The van der Waals surface area contributed by atoms with Crippen LogP contribution >= 0.6 is 11.3 Å². The molecule has 0 bridgehead atoms. The molecule has 1 aromatic heterocycles. The minimum Gasteiger partial charge on any atom is -0.462 e. The van der Waals surface area contributed by atoms with E-state index in [-0.39, 0.29) is 23.2 Å². The summed E-state index contributed by atoms with van der Waals surface area (Å²) in [4.78, 5) is 36.1. The molecule has 1 heterocycles. The van der Waals surface area contributed by atoms with E-state index in [1.54, 1.807) is 31.2 Å². The molecule has 3 aromatic rings. The molecule has 2 N–H and O–H groups in total. The molecule has 2 aromatic carbocycles. The zero-order chi connectivity index (χ0) is 22.2. The second-order valence-corrected chi connectivity index (χ2v) is 7.73. The molecule has 3 rings (SSSR count). The summed E-state index contributed by atoms with van der Waals surface area (Å²) in [5.41, 5.74) is 2.78. The number of carbonyl (C=O) groups is 3. The van der Waals surface area contributed by atoms with Gasteiger partial charge >= 0.3 is 5.97 Å². The predicted octanol–water partition coefficient (Wildman–Crippen LogP) is 3.85. The zero-order valence-electron chi connectivity index (χ0n) is 17.2. The molecule has 0 aliphatic rings. The number of nitrogens with one attached hydrogen (secondary N) is 2. The van der Waals surface area contributed by atoms with E-state index >= 15 is 0 Å². The number of aryl methyl sites for hydroxylation is 2. The predicted molar refractivity (Wildman–Crippen MR) is 118 cm³/mol. The van der Waals surface area contributed by atoms with Crippen molar-refractivity contribution in [3.8, 4) is 0 Å². The fraction of sp³-hybridized carbons (Fsp3) is 0.227. The van der Waals surface area contributed by atoms with Crippen LogP contribution < -0.4 is 10.6 Å². The monoisotopic (exact) mass is 438 g/mol. The molecule has 0 aliphatic heterocycles. The van der Waals surface area contributed by atoms with Gasteiger partial charge in [-0.05, 0) is 50.2 Å². The highest BCUT2D eigenvalue weighted by Gasteiger charge is 2.14. The van der Waals surface area contributed by atoms with Crippen molar-refractivity contribution in [2.24, 2.45) is 0 Å². The average molecular weight is 439 g/mol. The van der Waals surface area contributed by atoms with E-state index in [2.05, 4.69) is 20.8 Å². The number of anilines is 2. The van der Waals surface area contributed by atoms with Gasteiger partial charge in [-0.25, -0.2) is 4.79 Å². The second-order valence-electron chi connectivity index (χ2n) is 6.67. The number of rotatable bonds is 8. The van der Waals surface area contributed by atoms with E-state index < -0.39 is 5.97 Å². The summed E-state index contributed by atoms with van der Waals surface area (Å²) in [6.45, 7) is 4.01. The largest absolute Gasteiger partial charge is 0.462 e. The Morgan fingerprint density at radius 2 is 1.58 bits per heavy atom. The zero-order valence-corrected chi connectivity index (χ0v) is 18.0. The normalized spacial score (nSPS) is 10.4. The summed E-state index contributed by atoms with van der Waals surface area (Å²) in [5, 5.41) is 14.3. The smallest absolute Gasteiger partial charge is 0.338 e. The summed E-state index contributed by atoms with van der Waals surface area (Å²) in [6.07, 6.45) is 0.552. The maximum atomic E-state index is 12.3. The van der Waals surface area contributed by atoms with Crippen LogP contribution in [0.1, 0.15) is 44.1 Å². The second kappa shape index (κ2) is 10.4. The van der Waals surface area contributed by atoms with Crippen LogP contribution in [-0.4, -0.2) is 34.6 Å². The van der Waals surface area contributed by atoms with Gasteiger partial charge in [-0.3, -0.25) is 9.59 Å². The van der Waals surface area contributed by atoms with Crippen molar-refractivity contribution in [2.75, 3.05) is 17.2 Å². The lowest BCUT2D eigenvalue weighted by molar-refractivity contribution is -0.116. The lowest BCUT2D eigenvalue weighted by Gasteiger charge is -2.06. The number of hydrogen-bond donors (Lipinski definition) is 2. The van der Waals surface area contributed by atoms with E-state index in [4.69, 9.17) is 4.74 Å². The molecule has 8 nitrogen and oxygen atoms in total. The molecule has 9 heteroatoms. The van der Waals surface area contributed by atoms with Gasteiger partial charge in [-0.15, -0.1) is 10.2 Å². The molecular formula is C22H22N4O4S. The number of aromatic nitrogens is 2. The minimum atomic E-state index is -0.404. The summed E-state index contributed by atoms with van der Waals surface area (Å²) in [7, 11) is 0. The number of benzene rings is 2. The van der Waals surface area contributed by atoms with E-state index in [0.717, 1.165) is 16.9 Å². The summed E-state index contributed by atoms with van der Waals surface area (Å²) in [6, 6.07) is 13.9. The first-order chi connectivity index (χ1) is 14.9.